The quantitative estimate of drug-likeness (QED) is 0.603. The fourth-order valence-corrected chi connectivity index (χ4v) is 4.67. The number of hydrogen-bond donors (Lipinski definition) is 0. The number of carbonyl (C=O) groups excluding carboxylic acids is 1. The van der Waals surface area contributed by atoms with E-state index in [1.165, 1.54) is 11.3 Å². The minimum atomic E-state index is 0.0555. The highest BCUT2D eigenvalue weighted by atomic mass is 35.5. The first-order valence-corrected chi connectivity index (χ1v) is 10.7. The van der Waals surface area contributed by atoms with Crippen LogP contribution in [0.2, 0.25) is 5.02 Å². The van der Waals surface area contributed by atoms with Crippen molar-refractivity contribution in [2.24, 2.45) is 0 Å². The molecule has 0 bridgehead atoms. The summed E-state index contributed by atoms with van der Waals surface area (Å²) in [5.41, 5.74) is 2.83. The monoisotopic (exact) mass is 427 g/mol. The van der Waals surface area contributed by atoms with Gasteiger partial charge in [0.05, 0.1) is 12.8 Å². The summed E-state index contributed by atoms with van der Waals surface area (Å²) in [6.07, 6.45) is 0. The zero-order valence-electron chi connectivity index (χ0n) is 16.4. The average Bonchev–Trinajstić information content (AvgIpc) is 3.15. The van der Waals surface area contributed by atoms with Crippen LogP contribution in [0.5, 0.6) is 5.75 Å². The topological polar surface area (TPSA) is 45.7 Å². The maximum atomic E-state index is 13.1. The van der Waals surface area contributed by atoms with Crippen LogP contribution >= 0.6 is 22.9 Å². The molecule has 1 fully saturated rings. The van der Waals surface area contributed by atoms with Gasteiger partial charge < -0.3 is 14.5 Å². The minimum absolute atomic E-state index is 0.0555. The number of carbonyl (C=O) groups is 1. The normalized spacial score (nSPS) is 14.2. The van der Waals surface area contributed by atoms with E-state index in [1.54, 1.807) is 7.11 Å². The van der Waals surface area contributed by atoms with Crippen LogP contribution in [0.1, 0.15) is 15.4 Å². The standard InChI is InChI=1S/C22H22ClN3O2S/c1-15-20(29-21(24-15)16-5-3-8-19(13-16)28-2)22(27)26-11-9-25(10-12-26)18-7-4-6-17(23)14-18/h3-8,13-14H,9-12H2,1-2H3. The summed E-state index contributed by atoms with van der Waals surface area (Å²) in [6.45, 7) is 4.82. The molecule has 150 valence electrons. The highest BCUT2D eigenvalue weighted by Gasteiger charge is 2.26. The molecule has 0 saturated carbocycles. The highest BCUT2D eigenvalue weighted by Crippen LogP contribution is 2.31. The van der Waals surface area contributed by atoms with Crippen molar-refractivity contribution in [2.75, 3.05) is 38.2 Å². The molecule has 0 unspecified atom stereocenters. The van der Waals surface area contributed by atoms with Crippen molar-refractivity contribution in [1.29, 1.82) is 0 Å². The molecule has 3 aromatic rings. The number of nitrogens with zero attached hydrogens (tertiary/aromatic N) is 3. The molecule has 7 heteroatoms. The van der Waals surface area contributed by atoms with Crippen LogP contribution in [-0.2, 0) is 0 Å². The second kappa shape index (κ2) is 8.43. The zero-order chi connectivity index (χ0) is 20.4. The first-order valence-electron chi connectivity index (χ1n) is 9.47. The second-order valence-electron chi connectivity index (χ2n) is 6.92. The van der Waals surface area contributed by atoms with E-state index in [9.17, 15) is 4.79 Å². The first-order chi connectivity index (χ1) is 14.0. The second-order valence-corrected chi connectivity index (χ2v) is 8.36. The molecular formula is C22H22ClN3O2S. The number of benzene rings is 2. The number of aryl methyl sites for hydroxylation is 1. The number of rotatable bonds is 4. The number of piperazine rings is 1. The van der Waals surface area contributed by atoms with Gasteiger partial charge in [-0.05, 0) is 37.3 Å². The van der Waals surface area contributed by atoms with E-state index in [2.05, 4.69) is 16.0 Å². The van der Waals surface area contributed by atoms with Gasteiger partial charge in [-0.1, -0.05) is 29.8 Å². The van der Waals surface area contributed by atoms with Gasteiger partial charge in [0, 0.05) is 42.5 Å². The lowest BCUT2D eigenvalue weighted by Crippen LogP contribution is -2.48. The van der Waals surface area contributed by atoms with Crippen molar-refractivity contribution in [2.45, 2.75) is 6.92 Å². The molecule has 1 aliphatic rings. The van der Waals surface area contributed by atoms with Crippen LogP contribution in [0, 0.1) is 6.92 Å². The largest absolute Gasteiger partial charge is 0.497 e. The Morgan fingerprint density at radius 2 is 1.86 bits per heavy atom. The Morgan fingerprint density at radius 3 is 2.59 bits per heavy atom. The number of halogens is 1. The molecular weight excluding hydrogens is 406 g/mol. The molecule has 1 saturated heterocycles. The smallest absolute Gasteiger partial charge is 0.265 e. The maximum Gasteiger partial charge on any atom is 0.265 e. The Labute approximate surface area is 179 Å². The lowest BCUT2D eigenvalue weighted by Gasteiger charge is -2.36. The van der Waals surface area contributed by atoms with Gasteiger partial charge in [-0.2, -0.15) is 0 Å². The summed E-state index contributed by atoms with van der Waals surface area (Å²) in [5, 5.41) is 1.56. The molecule has 29 heavy (non-hydrogen) atoms. The number of methoxy groups -OCH3 is 1. The number of anilines is 1. The van der Waals surface area contributed by atoms with Crippen LogP contribution in [0.4, 0.5) is 5.69 Å². The minimum Gasteiger partial charge on any atom is -0.497 e. The molecule has 1 aliphatic heterocycles. The Morgan fingerprint density at radius 1 is 1.10 bits per heavy atom. The Balaban J connectivity index is 1.47. The van der Waals surface area contributed by atoms with E-state index >= 15 is 0 Å². The fourth-order valence-electron chi connectivity index (χ4n) is 3.46. The zero-order valence-corrected chi connectivity index (χ0v) is 18.0. The predicted octanol–water partition coefficient (Wildman–Crippen LogP) is 4.74. The molecule has 0 aliphatic carbocycles. The Hall–Kier alpha value is -2.57. The van der Waals surface area contributed by atoms with E-state index < -0.39 is 0 Å². The molecule has 0 atom stereocenters. The number of hydrogen-bond acceptors (Lipinski definition) is 5. The third-order valence-electron chi connectivity index (χ3n) is 5.05. The first kappa shape index (κ1) is 19.7. The molecule has 0 spiro atoms. The molecule has 5 nitrogen and oxygen atoms in total. The Bertz CT molecular complexity index is 1030. The predicted molar refractivity (Wildman–Crippen MR) is 118 cm³/mol. The van der Waals surface area contributed by atoms with Crippen molar-refractivity contribution in [1.82, 2.24) is 9.88 Å². The summed E-state index contributed by atoms with van der Waals surface area (Å²) in [6, 6.07) is 15.6. The molecule has 1 amide bonds. The number of aromatic nitrogens is 1. The van der Waals surface area contributed by atoms with Crippen LogP contribution in [0.3, 0.4) is 0 Å². The van der Waals surface area contributed by atoms with Crippen molar-refractivity contribution in [3.8, 4) is 16.3 Å². The van der Waals surface area contributed by atoms with Gasteiger partial charge >= 0.3 is 0 Å². The summed E-state index contributed by atoms with van der Waals surface area (Å²) in [5.74, 6) is 0.834. The van der Waals surface area contributed by atoms with Gasteiger partial charge in [0.25, 0.3) is 5.91 Å². The van der Waals surface area contributed by atoms with Gasteiger partial charge in [-0.15, -0.1) is 11.3 Å². The SMILES string of the molecule is COc1cccc(-c2nc(C)c(C(=O)N3CCN(c4cccc(Cl)c4)CC3)s2)c1. The molecule has 1 aromatic heterocycles. The molecule has 2 heterocycles. The van der Waals surface area contributed by atoms with Crippen LogP contribution < -0.4 is 9.64 Å². The van der Waals surface area contributed by atoms with E-state index in [4.69, 9.17) is 16.3 Å². The summed E-state index contributed by atoms with van der Waals surface area (Å²) >= 11 is 7.55. The van der Waals surface area contributed by atoms with E-state index in [0.29, 0.717) is 18.0 Å². The van der Waals surface area contributed by atoms with E-state index in [1.807, 2.05) is 54.3 Å². The van der Waals surface area contributed by atoms with Crippen LogP contribution in [-0.4, -0.2) is 49.1 Å². The lowest BCUT2D eigenvalue weighted by atomic mass is 10.2. The van der Waals surface area contributed by atoms with Crippen molar-refractivity contribution in [3.05, 3.63) is 64.1 Å². The number of thiazole rings is 1. The molecule has 2 aromatic carbocycles. The Kier molecular flexibility index (Phi) is 5.74. The summed E-state index contributed by atoms with van der Waals surface area (Å²) < 4.78 is 5.30. The van der Waals surface area contributed by atoms with Crippen LogP contribution in [0.15, 0.2) is 48.5 Å². The van der Waals surface area contributed by atoms with Crippen LogP contribution in [0.25, 0.3) is 10.6 Å². The molecule has 0 N–H and O–H groups in total. The van der Waals surface area contributed by atoms with Crippen molar-refractivity contribution >= 4 is 34.5 Å². The maximum absolute atomic E-state index is 13.1. The summed E-state index contributed by atoms with van der Waals surface area (Å²) in [7, 11) is 1.64. The van der Waals surface area contributed by atoms with Gasteiger partial charge in [-0.25, -0.2) is 4.98 Å². The van der Waals surface area contributed by atoms with Gasteiger partial charge in [0.1, 0.15) is 15.6 Å². The third kappa shape index (κ3) is 4.23. The highest BCUT2D eigenvalue weighted by molar-refractivity contribution is 7.17. The average molecular weight is 428 g/mol. The van der Waals surface area contributed by atoms with E-state index in [0.717, 1.165) is 45.8 Å². The molecule has 0 radical (unpaired) electrons. The molecule has 4 rings (SSSR count). The van der Waals surface area contributed by atoms with Crippen molar-refractivity contribution < 1.29 is 9.53 Å². The van der Waals surface area contributed by atoms with Crippen molar-refractivity contribution in [3.63, 3.8) is 0 Å². The number of ether oxygens (including phenoxy) is 1. The summed E-state index contributed by atoms with van der Waals surface area (Å²) in [4.78, 5) is 22.6. The van der Waals surface area contributed by atoms with Gasteiger partial charge in [0.2, 0.25) is 0 Å². The van der Waals surface area contributed by atoms with E-state index in [-0.39, 0.29) is 5.91 Å². The number of amides is 1. The van der Waals surface area contributed by atoms with Gasteiger partial charge in [0.15, 0.2) is 0 Å². The lowest BCUT2D eigenvalue weighted by molar-refractivity contribution is 0.0750. The third-order valence-corrected chi connectivity index (χ3v) is 6.48. The fraction of sp³-hybridized carbons (Fsp3) is 0.273. The van der Waals surface area contributed by atoms with Gasteiger partial charge in [-0.3, -0.25) is 4.79 Å².